The number of anilines is 2. The maximum absolute atomic E-state index is 12.5. The van der Waals surface area contributed by atoms with Gasteiger partial charge < -0.3 is 15.5 Å². The fraction of sp³-hybridized carbons (Fsp3) is 0.318. The fourth-order valence-electron chi connectivity index (χ4n) is 3.69. The highest BCUT2D eigenvalue weighted by molar-refractivity contribution is 6.30. The van der Waals surface area contributed by atoms with E-state index in [1.54, 1.807) is 39.9 Å². The molecule has 1 aromatic carbocycles. The van der Waals surface area contributed by atoms with E-state index >= 15 is 0 Å². The van der Waals surface area contributed by atoms with Crippen LogP contribution in [0.2, 0.25) is 5.02 Å². The summed E-state index contributed by atoms with van der Waals surface area (Å²) in [5.41, 5.74) is 2.65. The second kappa shape index (κ2) is 9.35. The molecule has 1 aliphatic heterocycles. The van der Waals surface area contributed by atoms with Crippen molar-refractivity contribution in [2.75, 3.05) is 29.9 Å². The molecule has 2 aromatic heterocycles. The minimum Gasteiger partial charge on any atom is -0.368 e. The number of carbonyl (C=O) groups excluding carboxylic acids is 2. The molecule has 1 atom stereocenters. The SMILES string of the molecule is Cc1cc(C)n(-c2cc(NCCNC(=O)[C@H]3CC(=O)N(c4ccc(Cl)cc4)C3)ncn2)n1. The third-order valence-electron chi connectivity index (χ3n) is 5.24. The quantitative estimate of drug-likeness (QED) is 0.532. The monoisotopic (exact) mass is 453 g/mol. The Balaban J connectivity index is 1.27. The van der Waals surface area contributed by atoms with Crippen LogP contribution in [0.25, 0.3) is 5.82 Å². The molecule has 32 heavy (non-hydrogen) atoms. The van der Waals surface area contributed by atoms with Crippen LogP contribution in [0, 0.1) is 19.8 Å². The lowest BCUT2D eigenvalue weighted by Crippen LogP contribution is -2.35. The Morgan fingerprint density at radius 2 is 1.94 bits per heavy atom. The number of nitrogens with one attached hydrogen (secondary N) is 2. The van der Waals surface area contributed by atoms with Gasteiger partial charge in [-0.3, -0.25) is 9.59 Å². The number of aromatic nitrogens is 4. The topological polar surface area (TPSA) is 105 Å². The minimum absolute atomic E-state index is 0.0664. The summed E-state index contributed by atoms with van der Waals surface area (Å²) in [6, 6.07) is 10.8. The number of carbonyl (C=O) groups is 2. The predicted octanol–water partition coefficient (Wildman–Crippen LogP) is 2.51. The first-order valence-electron chi connectivity index (χ1n) is 10.3. The van der Waals surface area contributed by atoms with Crippen molar-refractivity contribution in [1.82, 2.24) is 25.1 Å². The molecule has 1 aliphatic rings. The average molecular weight is 454 g/mol. The average Bonchev–Trinajstić information content (AvgIpc) is 3.33. The molecule has 1 fully saturated rings. The highest BCUT2D eigenvalue weighted by Crippen LogP contribution is 2.26. The van der Waals surface area contributed by atoms with Gasteiger partial charge in [0.15, 0.2) is 5.82 Å². The number of hydrogen-bond acceptors (Lipinski definition) is 6. The van der Waals surface area contributed by atoms with Gasteiger partial charge in [0.1, 0.15) is 12.1 Å². The van der Waals surface area contributed by atoms with E-state index in [4.69, 9.17) is 11.6 Å². The summed E-state index contributed by atoms with van der Waals surface area (Å²) in [6.45, 7) is 5.15. The number of rotatable bonds is 7. The van der Waals surface area contributed by atoms with Crippen molar-refractivity contribution in [2.45, 2.75) is 20.3 Å². The van der Waals surface area contributed by atoms with Gasteiger partial charge in [-0.1, -0.05) is 11.6 Å². The zero-order valence-corrected chi connectivity index (χ0v) is 18.6. The van der Waals surface area contributed by atoms with Crippen LogP contribution in [-0.4, -0.2) is 51.2 Å². The van der Waals surface area contributed by atoms with Crippen molar-refractivity contribution in [3.63, 3.8) is 0 Å². The van der Waals surface area contributed by atoms with Crippen LogP contribution >= 0.6 is 11.6 Å². The lowest BCUT2D eigenvalue weighted by molar-refractivity contribution is -0.126. The molecule has 10 heteroatoms. The van der Waals surface area contributed by atoms with Crippen molar-refractivity contribution in [2.24, 2.45) is 5.92 Å². The second-order valence-corrected chi connectivity index (χ2v) is 8.14. The van der Waals surface area contributed by atoms with Gasteiger partial charge in [-0.25, -0.2) is 14.6 Å². The zero-order chi connectivity index (χ0) is 22.7. The molecule has 0 unspecified atom stereocenters. The molecule has 0 saturated carbocycles. The second-order valence-electron chi connectivity index (χ2n) is 7.70. The van der Waals surface area contributed by atoms with Gasteiger partial charge >= 0.3 is 0 Å². The summed E-state index contributed by atoms with van der Waals surface area (Å²) < 4.78 is 1.76. The van der Waals surface area contributed by atoms with E-state index in [2.05, 4.69) is 25.7 Å². The maximum Gasteiger partial charge on any atom is 0.227 e. The molecule has 0 aliphatic carbocycles. The summed E-state index contributed by atoms with van der Waals surface area (Å²) in [5, 5.41) is 11.1. The number of amides is 2. The molecule has 2 N–H and O–H groups in total. The Kier molecular flexibility index (Phi) is 6.36. The molecule has 2 amide bonds. The van der Waals surface area contributed by atoms with Gasteiger partial charge in [0.25, 0.3) is 0 Å². The number of halogens is 1. The minimum atomic E-state index is -0.380. The number of benzene rings is 1. The van der Waals surface area contributed by atoms with Gasteiger partial charge in [-0.2, -0.15) is 5.10 Å². The molecule has 0 bridgehead atoms. The third-order valence-corrected chi connectivity index (χ3v) is 5.50. The van der Waals surface area contributed by atoms with Gasteiger partial charge in [0.05, 0.1) is 11.6 Å². The predicted molar refractivity (Wildman–Crippen MR) is 122 cm³/mol. The van der Waals surface area contributed by atoms with Crippen molar-refractivity contribution in [1.29, 1.82) is 0 Å². The molecule has 0 spiro atoms. The first-order valence-corrected chi connectivity index (χ1v) is 10.7. The van der Waals surface area contributed by atoms with Crippen LogP contribution < -0.4 is 15.5 Å². The molecular weight excluding hydrogens is 430 g/mol. The van der Waals surface area contributed by atoms with Gasteiger partial charge in [0.2, 0.25) is 11.8 Å². The van der Waals surface area contributed by atoms with Crippen LogP contribution in [0.4, 0.5) is 11.5 Å². The van der Waals surface area contributed by atoms with Crippen LogP contribution in [0.1, 0.15) is 17.8 Å². The van der Waals surface area contributed by atoms with E-state index in [0.29, 0.717) is 36.3 Å². The normalized spacial score (nSPS) is 15.8. The van der Waals surface area contributed by atoms with Gasteiger partial charge in [-0.15, -0.1) is 0 Å². The standard InChI is InChI=1S/C22H24ClN7O2/c1-14-9-15(2)30(28-14)20-11-19(26-13-27-20)24-7-8-25-22(32)16-10-21(31)29(12-16)18-5-3-17(23)4-6-18/h3-6,9,11,13,16H,7-8,10,12H2,1-2H3,(H,25,32)(H,24,26,27)/t16-/m0/s1. The Morgan fingerprint density at radius 1 is 1.16 bits per heavy atom. The molecule has 3 heterocycles. The summed E-state index contributed by atoms with van der Waals surface area (Å²) >= 11 is 5.91. The van der Waals surface area contributed by atoms with Crippen molar-refractivity contribution in [3.05, 3.63) is 59.1 Å². The van der Waals surface area contributed by atoms with E-state index in [9.17, 15) is 9.59 Å². The van der Waals surface area contributed by atoms with Crippen LogP contribution in [0.3, 0.4) is 0 Å². The van der Waals surface area contributed by atoms with Crippen LogP contribution in [-0.2, 0) is 9.59 Å². The van der Waals surface area contributed by atoms with E-state index in [0.717, 1.165) is 17.1 Å². The largest absolute Gasteiger partial charge is 0.368 e. The Hall–Kier alpha value is -3.46. The summed E-state index contributed by atoms with van der Waals surface area (Å²) in [4.78, 5) is 35.0. The summed E-state index contributed by atoms with van der Waals surface area (Å²) in [5.74, 6) is 0.728. The summed E-state index contributed by atoms with van der Waals surface area (Å²) in [7, 11) is 0. The zero-order valence-electron chi connectivity index (χ0n) is 17.9. The molecule has 4 rings (SSSR count). The lowest BCUT2D eigenvalue weighted by atomic mass is 10.1. The lowest BCUT2D eigenvalue weighted by Gasteiger charge is -2.17. The molecule has 3 aromatic rings. The van der Waals surface area contributed by atoms with Gasteiger partial charge in [-0.05, 0) is 44.2 Å². The van der Waals surface area contributed by atoms with Crippen LogP contribution in [0.5, 0.6) is 0 Å². The highest BCUT2D eigenvalue weighted by atomic mass is 35.5. The number of hydrogen-bond donors (Lipinski definition) is 2. The fourth-order valence-corrected chi connectivity index (χ4v) is 3.82. The molecular formula is C22H24ClN7O2. The van der Waals surface area contributed by atoms with E-state index in [-0.39, 0.29) is 24.2 Å². The Bertz CT molecular complexity index is 1130. The molecule has 1 saturated heterocycles. The Morgan fingerprint density at radius 3 is 2.66 bits per heavy atom. The molecule has 166 valence electrons. The summed E-state index contributed by atoms with van der Waals surface area (Å²) in [6.07, 6.45) is 1.67. The third kappa shape index (κ3) is 4.88. The highest BCUT2D eigenvalue weighted by Gasteiger charge is 2.34. The number of aryl methyl sites for hydroxylation is 2. The van der Waals surface area contributed by atoms with Gasteiger partial charge in [0, 0.05) is 48.5 Å². The Labute approximate surface area is 190 Å². The van der Waals surface area contributed by atoms with Crippen molar-refractivity contribution in [3.8, 4) is 5.82 Å². The number of nitrogens with zero attached hydrogens (tertiary/aromatic N) is 5. The molecule has 0 radical (unpaired) electrons. The van der Waals surface area contributed by atoms with Crippen molar-refractivity contribution < 1.29 is 9.59 Å². The first-order chi connectivity index (χ1) is 15.4. The van der Waals surface area contributed by atoms with Crippen molar-refractivity contribution >= 4 is 34.9 Å². The first kappa shape index (κ1) is 21.8. The van der Waals surface area contributed by atoms with Crippen LogP contribution in [0.15, 0.2) is 42.7 Å². The van der Waals surface area contributed by atoms with E-state index in [1.807, 2.05) is 19.9 Å². The maximum atomic E-state index is 12.5. The smallest absolute Gasteiger partial charge is 0.227 e. The molecule has 9 nitrogen and oxygen atoms in total. The van der Waals surface area contributed by atoms with E-state index < -0.39 is 0 Å². The van der Waals surface area contributed by atoms with E-state index in [1.165, 1.54) is 6.33 Å².